The number of para-hydroxylation sites is 1. The Hall–Kier alpha value is -2.07. The minimum absolute atomic E-state index is 0.00670. The number of anilines is 1. The minimum Gasteiger partial charge on any atom is -0.342 e. The molecule has 1 amide bonds. The highest BCUT2D eigenvalue weighted by atomic mass is 35.5. The predicted octanol–water partition coefficient (Wildman–Crippen LogP) is 3.29. The van der Waals surface area contributed by atoms with Crippen LogP contribution in [0, 0.1) is 6.92 Å². The summed E-state index contributed by atoms with van der Waals surface area (Å²) in [6.45, 7) is 3.47. The molecule has 0 saturated heterocycles. The summed E-state index contributed by atoms with van der Waals surface area (Å²) in [6, 6.07) is 8.78. The third kappa shape index (κ3) is 3.08. The summed E-state index contributed by atoms with van der Waals surface area (Å²) in [5.41, 5.74) is 2.00. The van der Waals surface area contributed by atoms with Crippen molar-refractivity contribution in [3.05, 3.63) is 52.8 Å². The third-order valence-electron chi connectivity index (χ3n) is 3.08. The number of nitrogens with zero attached hydrogens (tertiary/aromatic N) is 1. The van der Waals surface area contributed by atoms with Gasteiger partial charge in [-0.2, -0.15) is 0 Å². The van der Waals surface area contributed by atoms with Gasteiger partial charge in [0, 0.05) is 17.5 Å². The molecular weight excluding hydrogens is 276 g/mol. The number of carbonyl (C=O) groups excluding carboxylic acids is 2. The van der Waals surface area contributed by atoms with Crippen LogP contribution in [0.5, 0.6) is 0 Å². The van der Waals surface area contributed by atoms with Crippen molar-refractivity contribution in [3.8, 4) is 0 Å². The van der Waals surface area contributed by atoms with Crippen LogP contribution in [0.15, 0.2) is 36.5 Å². The van der Waals surface area contributed by atoms with E-state index in [4.69, 9.17) is 11.6 Å². The minimum atomic E-state index is -0.188. The highest BCUT2D eigenvalue weighted by Crippen LogP contribution is 2.20. The molecule has 20 heavy (non-hydrogen) atoms. The second kappa shape index (κ2) is 5.92. The van der Waals surface area contributed by atoms with Crippen LogP contribution in [0.25, 0.3) is 0 Å². The highest BCUT2D eigenvalue weighted by Gasteiger charge is 2.12. The van der Waals surface area contributed by atoms with E-state index in [1.165, 1.54) is 6.92 Å². The summed E-state index contributed by atoms with van der Waals surface area (Å²) in [4.78, 5) is 23.4. The van der Waals surface area contributed by atoms with Crippen molar-refractivity contribution in [3.63, 3.8) is 0 Å². The lowest BCUT2D eigenvalue weighted by molar-refractivity contribution is -0.116. The van der Waals surface area contributed by atoms with Gasteiger partial charge in [-0.05, 0) is 32.0 Å². The third-order valence-corrected chi connectivity index (χ3v) is 3.41. The van der Waals surface area contributed by atoms with E-state index < -0.39 is 0 Å². The first kappa shape index (κ1) is 14.3. The Bertz CT molecular complexity index is 662. The Morgan fingerprint density at radius 2 is 1.95 bits per heavy atom. The fourth-order valence-corrected chi connectivity index (χ4v) is 2.19. The number of rotatable bonds is 4. The Balaban J connectivity index is 2.09. The Labute approximate surface area is 122 Å². The number of halogens is 1. The molecule has 0 radical (unpaired) electrons. The first-order valence-electron chi connectivity index (χ1n) is 6.20. The van der Waals surface area contributed by atoms with Gasteiger partial charge < -0.3 is 9.88 Å². The van der Waals surface area contributed by atoms with E-state index in [1.807, 2.05) is 6.92 Å². The standard InChI is InChI=1S/C15H15ClN2O2/c1-10-12(11(2)19)7-8-18(10)9-15(20)17-14-6-4-3-5-13(14)16/h3-8H,9H2,1-2H3,(H,17,20). The molecule has 0 saturated carbocycles. The molecule has 0 aliphatic rings. The van der Waals surface area contributed by atoms with Crippen LogP contribution in [0.4, 0.5) is 5.69 Å². The van der Waals surface area contributed by atoms with Crippen molar-refractivity contribution < 1.29 is 9.59 Å². The molecule has 0 aliphatic heterocycles. The number of ketones is 1. The summed E-state index contributed by atoms with van der Waals surface area (Å²) in [5.74, 6) is -0.195. The summed E-state index contributed by atoms with van der Waals surface area (Å²) in [7, 11) is 0. The molecule has 0 bridgehead atoms. The van der Waals surface area contributed by atoms with Crippen molar-refractivity contribution in [2.75, 3.05) is 5.32 Å². The lowest BCUT2D eigenvalue weighted by Crippen LogP contribution is -2.19. The molecule has 4 nitrogen and oxygen atoms in total. The Morgan fingerprint density at radius 3 is 2.55 bits per heavy atom. The van der Waals surface area contributed by atoms with E-state index in [0.29, 0.717) is 16.3 Å². The van der Waals surface area contributed by atoms with Crippen LogP contribution in [-0.2, 0) is 11.3 Å². The topological polar surface area (TPSA) is 51.1 Å². The lowest BCUT2D eigenvalue weighted by atomic mass is 10.2. The summed E-state index contributed by atoms with van der Waals surface area (Å²) in [5, 5.41) is 3.24. The zero-order chi connectivity index (χ0) is 14.7. The molecule has 5 heteroatoms. The molecule has 104 valence electrons. The zero-order valence-corrected chi connectivity index (χ0v) is 12.1. The van der Waals surface area contributed by atoms with Crippen molar-refractivity contribution >= 4 is 29.0 Å². The number of hydrogen-bond acceptors (Lipinski definition) is 2. The van der Waals surface area contributed by atoms with Gasteiger partial charge in [0.25, 0.3) is 0 Å². The van der Waals surface area contributed by atoms with Gasteiger partial charge in [-0.3, -0.25) is 9.59 Å². The normalized spacial score (nSPS) is 10.3. The monoisotopic (exact) mass is 290 g/mol. The molecule has 1 N–H and O–H groups in total. The van der Waals surface area contributed by atoms with Gasteiger partial charge >= 0.3 is 0 Å². The van der Waals surface area contributed by atoms with Gasteiger partial charge in [-0.15, -0.1) is 0 Å². The fraction of sp³-hybridized carbons (Fsp3) is 0.200. The first-order valence-corrected chi connectivity index (χ1v) is 6.58. The zero-order valence-electron chi connectivity index (χ0n) is 11.3. The number of hydrogen-bond donors (Lipinski definition) is 1. The average Bonchev–Trinajstić information content (AvgIpc) is 2.74. The molecule has 0 spiro atoms. The summed E-state index contributed by atoms with van der Waals surface area (Å²) in [6.07, 6.45) is 1.73. The lowest BCUT2D eigenvalue weighted by Gasteiger charge is -2.09. The maximum atomic E-state index is 12.0. The molecule has 1 heterocycles. The van der Waals surface area contributed by atoms with E-state index in [1.54, 1.807) is 41.1 Å². The van der Waals surface area contributed by atoms with E-state index in [0.717, 1.165) is 5.69 Å². The van der Waals surface area contributed by atoms with Gasteiger partial charge in [0.1, 0.15) is 6.54 Å². The number of Topliss-reactive ketones (excluding diaryl/α,β-unsaturated/α-hetero) is 1. The van der Waals surface area contributed by atoms with E-state index >= 15 is 0 Å². The number of amides is 1. The van der Waals surface area contributed by atoms with Crippen LogP contribution in [-0.4, -0.2) is 16.3 Å². The molecule has 0 fully saturated rings. The smallest absolute Gasteiger partial charge is 0.244 e. The second-order valence-corrected chi connectivity index (χ2v) is 4.93. The van der Waals surface area contributed by atoms with E-state index in [9.17, 15) is 9.59 Å². The van der Waals surface area contributed by atoms with E-state index in [2.05, 4.69) is 5.32 Å². The molecule has 0 unspecified atom stereocenters. The first-order chi connectivity index (χ1) is 9.49. The molecule has 1 aromatic carbocycles. The maximum Gasteiger partial charge on any atom is 0.244 e. The van der Waals surface area contributed by atoms with Crippen LogP contribution < -0.4 is 5.32 Å². The molecule has 1 aromatic heterocycles. The van der Waals surface area contributed by atoms with Crippen LogP contribution in [0.2, 0.25) is 5.02 Å². The van der Waals surface area contributed by atoms with Crippen molar-refractivity contribution in [2.45, 2.75) is 20.4 Å². The second-order valence-electron chi connectivity index (χ2n) is 4.53. The Morgan fingerprint density at radius 1 is 1.25 bits per heavy atom. The molecular formula is C15H15ClN2O2. The SMILES string of the molecule is CC(=O)c1ccn(CC(=O)Nc2ccccc2Cl)c1C. The van der Waals surface area contributed by atoms with Crippen LogP contribution in [0.1, 0.15) is 23.0 Å². The van der Waals surface area contributed by atoms with Crippen molar-refractivity contribution in [1.29, 1.82) is 0 Å². The maximum absolute atomic E-state index is 12.0. The number of carbonyl (C=O) groups is 2. The van der Waals surface area contributed by atoms with Crippen molar-refractivity contribution in [2.24, 2.45) is 0 Å². The predicted molar refractivity (Wildman–Crippen MR) is 79.3 cm³/mol. The quantitative estimate of drug-likeness (QED) is 0.879. The van der Waals surface area contributed by atoms with Gasteiger partial charge in [-0.1, -0.05) is 23.7 Å². The number of nitrogens with one attached hydrogen (secondary N) is 1. The highest BCUT2D eigenvalue weighted by molar-refractivity contribution is 6.33. The number of benzene rings is 1. The van der Waals surface area contributed by atoms with Crippen LogP contribution >= 0.6 is 11.6 Å². The summed E-state index contributed by atoms with van der Waals surface area (Å²) >= 11 is 5.98. The van der Waals surface area contributed by atoms with Gasteiger partial charge in [0.05, 0.1) is 10.7 Å². The molecule has 2 rings (SSSR count). The van der Waals surface area contributed by atoms with Gasteiger partial charge in [-0.25, -0.2) is 0 Å². The molecule has 0 aliphatic carbocycles. The van der Waals surface area contributed by atoms with Gasteiger partial charge in [0.15, 0.2) is 5.78 Å². The fourth-order valence-electron chi connectivity index (χ4n) is 2.00. The molecule has 0 atom stereocenters. The summed E-state index contributed by atoms with van der Waals surface area (Å²) < 4.78 is 1.74. The van der Waals surface area contributed by atoms with Crippen LogP contribution in [0.3, 0.4) is 0 Å². The Kier molecular flexibility index (Phi) is 4.25. The average molecular weight is 291 g/mol. The largest absolute Gasteiger partial charge is 0.342 e. The molecule has 2 aromatic rings. The van der Waals surface area contributed by atoms with Crippen molar-refractivity contribution in [1.82, 2.24) is 4.57 Å². The van der Waals surface area contributed by atoms with Gasteiger partial charge in [0.2, 0.25) is 5.91 Å². The van der Waals surface area contributed by atoms with E-state index in [-0.39, 0.29) is 18.2 Å². The number of aromatic nitrogens is 1.